The van der Waals surface area contributed by atoms with Gasteiger partial charge >= 0.3 is 0 Å². The van der Waals surface area contributed by atoms with E-state index in [0.717, 1.165) is 43.7 Å². The number of rotatable bonds is 3. The second kappa shape index (κ2) is 5.31. The number of piperidine rings is 1. The summed E-state index contributed by atoms with van der Waals surface area (Å²) in [6, 6.07) is 8.02. The quantitative estimate of drug-likeness (QED) is 0.864. The highest BCUT2D eigenvalue weighted by atomic mass is 16.3. The summed E-state index contributed by atoms with van der Waals surface area (Å²) in [5.74, 6) is 0.605. The fraction of sp³-hybridized carbons (Fsp3) is 0.533. The monoisotopic (exact) mass is 260 g/mol. The van der Waals surface area contributed by atoms with Crippen molar-refractivity contribution >= 4 is 11.6 Å². The van der Waals surface area contributed by atoms with Crippen molar-refractivity contribution in [3.8, 4) is 0 Å². The number of β-amino-alcohol motifs (C(OH)–C–C–N with tert-alkyl or cyclic N) is 1. The minimum atomic E-state index is 0.0208. The lowest BCUT2D eigenvalue weighted by molar-refractivity contribution is -0.118. The maximum absolute atomic E-state index is 12.2. The van der Waals surface area contributed by atoms with Crippen molar-refractivity contribution in [2.75, 3.05) is 31.6 Å². The van der Waals surface area contributed by atoms with Gasteiger partial charge in [0, 0.05) is 12.2 Å². The third kappa shape index (κ3) is 2.38. The first-order valence-corrected chi connectivity index (χ1v) is 7.02. The number of benzene rings is 1. The molecule has 2 aliphatic heterocycles. The Labute approximate surface area is 113 Å². The van der Waals surface area contributed by atoms with Gasteiger partial charge in [0.25, 0.3) is 0 Å². The average molecular weight is 260 g/mol. The molecule has 0 radical (unpaired) electrons. The van der Waals surface area contributed by atoms with E-state index < -0.39 is 0 Å². The Bertz CT molecular complexity index is 467. The van der Waals surface area contributed by atoms with Crippen LogP contribution in [0.4, 0.5) is 5.69 Å². The number of hydrogen-bond acceptors (Lipinski definition) is 3. The first-order chi connectivity index (χ1) is 9.29. The summed E-state index contributed by atoms with van der Waals surface area (Å²) in [5.41, 5.74) is 2.14. The van der Waals surface area contributed by atoms with Crippen molar-refractivity contribution in [1.29, 1.82) is 0 Å². The van der Waals surface area contributed by atoms with Crippen LogP contribution in [0.3, 0.4) is 0 Å². The molecule has 3 rings (SSSR count). The number of para-hydroxylation sites is 1. The molecule has 0 saturated carbocycles. The molecule has 1 atom stereocenters. The van der Waals surface area contributed by atoms with Crippen LogP contribution in [-0.4, -0.2) is 42.2 Å². The minimum Gasteiger partial charge on any atom is -0.395 e. The van der Waals surface area contributed by atoms with E-state index in [9.17, 15) is 4.79 Å². The molecule has 0 aliphatic carbocycles. The van der Waals surface area contributed by atoms with Gasteiger partial charge in [0.1, 0.15) is 0 Å². The molecule has 0 aromatic heterocycles. The van der Waals surface area contributed by atoms with Crippen LogP contribution in [0, 0.1) is 5.92 Å². The van der Waals surface area contributed by atoms with Gasteiger partial charge in [-0.15, -0.1) is 0 Å². The second-order valence-electron chi connectivity index (χ2n) is 5.46. The standard InChI is InChI=1S/C15H20N2O2/c18-10-9-17-7-5-11(6-8-17)14-12-3-1-2-4-13(12)16-15(14)19/h1-4,11,14,18H,5-10H2,(H,16,19). The summed E-state index contributed by atoms with van der Waals surface area (Å²) in [6.45, 7) is 2.94. The second-order valence-corrected chi connectivity index (χ2v) is 5.46. The zero-order valence-electron chi connectivity index (χ0n) is 11.0. The van der Waals surface area contributed by atoms with Crippen molar-refractivity contribution in [3.63, 3.8) is 0 Å². The van der Waals surface area contributed by atoms with Gasteiger partial charge in [0.2, 0.25) is 5.91 Å². The molecule has 1 unspecified atom stereocenters. The minimum absolute atomic E-state index is 0.0208. The van der Waals surface area contributed by atoms with Gasteiger partial charge in [0.15, 0.2) is 0 Å². The summed E-state index contributed by atoms with van der Waals surface area (Å²) in [7, 11) is 0. The van der Waals surface area contributed by atoms with Crippen LogP contribution in [0.2, 0.25) is 0 Å². The molecule has 0 spiro atoms. The van der Waals surface area contributed by atoms with Gasteiger partial charge < -0.3 is 15.3 Å². The predicted molar refractivity (Wildman–Crippen MR) is 74.1 cm³/mol. The van der Waals surface area contributed by atoms with Crippen LogP contribution in [0.15, 0.2) is 24.3 Å². The van der Waals surface area contributed by atoms with Crippen molar-refractivity contribution in [2.45, 2.75) is 18.8 Å². The number of likely N-dealkylation sites (tertiary alicyclic amines) is 1. The molecule has 4 nitrogen and oxygen atoms in total. The summed E-state index contributed by atoms with van der Waals surface area (Å²) >= 11 is 0. The topological polar surface area (TPSA) is 52.6 Å². The Morgan fingerprint density at radius 1 is 1.26 bits per heavy atom. The number of nitrogens with one attached hydrogen (secondary N) is 1. The molecule has 2 heterocycles. The van der Waals surface area contributed by atoms with E-state index in [4.69, 9.17) is 5.11 Å². The van der Waals surface area contributed by atoms with Crippen LogP contribution in [0.5, 0.6) is 0 Å². The molecule has 4 heteroatoms. The lowest BCUT2D eigenvalue weighted by Gasteiger charge is -2.33. The number of hydrogen-bond donors (Lipinski definition) is 2. The van der Waals surface area contributed by atoms with Crippen LogP contribution >= 0.6 is 0 Å². The number of fused-ring (bicyclic) bond motifs is 1. The van der Waals surface area contributed by atoms with Crippen LogP contribution in [0.25, 0.3) is 0 Å². The zero-order chi connectivity index (χ0) is 13.2. The fourth-order valence-electron chi connectivity index (χ4n) is 3.35. The number of carbonyl (C=O) groups is 1. The van der Waals surface area contributed by atoms with Crippen molar-refractivity contribution in [2.24, 2.45) is 5.92 Å². The first kappa shape index (κ1) is 12.6. The van der Waals surface area contributed by atoms with Gasteiger partial charge in [-0.2, -0.15) is 0 Å². The largest absolute Gasteiger partial charge is 0.395 e. The van der Waals surface area contributed by atoms with Crippen molar-refractivity contribution in [3.05, 3.63) is 29.8 Å². The Morgan fingerprint density at radius 3 is 2.74 bits per heavy atom. The number of anilines is 1. The molecule has 1 aromatic rings. The molecule has 1 saturated heterocycles. The predicted octanol–water partition coefficient (Wildman–Crippen LogP) is 1.43. The molecule has 2 aliphatic rings. The molecule has 2 N–H and O–H groups in total. The number of amides is 1. The van der Waals surface area contributed by atoms with E-state index in [1.54, 1.807) is 0 Å². The van der Waals surface area contributed by atoms with Gasteiger partial charge in [0.05, 0.1) is 12.5 Å². The Morgan fingerprint density at radius 2 is 2.00 bits per heavy atom. The summed E-state index contributed by atoms with van der Waals surface area (Å²) in [4.78, 5) is 14.4. The highest BCUT2D eigenvalue weighted by Crippen LogP contribution is 2.41. The van der Waals surface area contributed by atoms with Gasteiger partial charge in [-0.1, -0.05) is 18.2 Å². The van der Waals surface area contributed by atoms with Crippen LogP contribution in [-0.2, 0) is 4.79 Å². The SMILES string of the molecule is O=C1Nc2ccccc2C1C1CCN(CCO)CC1. The molecule has 1 fully saturated rings. The Kier molecular flexibility index (Phi) is 3.53. The fourth-order valence-corrected chi connectivity index (χ4v) is 3.35. The third-order valence-electron chi connectivity index (χ3n) is 4.36. The van der Waals surface area contributed by atoms with Gasteiger partial charge in [-0.05, 0) is 43.5 Å². The van der Waals surface area contributed by atoms with Gasteiger partial charge in [-0.25, -0.2) is 0 Å². The van der Waals surface area contributed by atoms with Crippen molar-refractivity contribution in [1.82, 2.24) is 4.90 Å². The number of aliphatic hydroxyl groups is 1. The smallest absolute Gasteiger partial charge is 0.232 e. The van der Waals surface area contributed by atoms with Gasteiger partial charge in [-0.3, -0.25) is 4.79 Å². The van der Waals surface area contributed by atoms with E-state index in [-0.39, 0.29) is 18.4 Å². The maximum atomic E-state index is 12.2. The average Bonchev–Trinajstić information content (AvgIpc) is 2.76. The summed E-state index contributed by atoms with van der Waals surface area (Å²) < 4.78 is 0. The lowest BCUT2D eigenvalue weighted by Crippen LogP contribution is -2.38. The highest BCUT2D eigenvalue weighted by molar-refractivity contribution is 6.03. The molecule has 1 amide bonds. The highest BCUT2D eigenvalue weighted by Gasteiger charge is 2.37. The third-order valence-corrected chi connectivity index (χ3v) is 4.36. The Balaban J connectivity index is 1.72. The number of aliphatic hydroxyl groups excluding tert-OH is 1. The molecular weight excluding hydrogens is 240 g/mol. The maximum Gasteiger partial charge on any atom is 0.232 e. The number of carbonyl (C=O) groups excluding carboxylic acids is 1. The lowest BCUT2D eigenvalue weighted by atomic mass is 9.81. The van der Waals surface area contributed by atoms with Crippen LogP contribution < -0.4 is 5.32 Å². The van der Waals surface area contributed by atoms with Crippen LogP contribution in [0.1, 0.15) is 24.3 Å². The first-order valence-electron chi connectivity index (χ1n) is 7.02. The van der Waals surface area contributed by atoms with E-state index in [2.05, 4.69) is 16.3 Å². The van der Waals surface area contributed by atoms with E-state index in [1.807, 2.05) is 18.2 Å². The van der Waals surface area contributed by atoms with Crippen molar-refractivity contribution < 1.29 is 9.90 Å². The van der Waals surface area contributed by atoms with E-state index in [0.29, 0.717) is 5.92 Å². The Hall–Kier alpha value is -1.39. The molecule has 19 heavy (non-hydrogen) atoms. The molecular formula is C15H20N2O2. The summed E-state index contributed by atoms with van der Waals surface area (Å²) in [5, 5.41) is 12.0. The zero-order valence-corrected chi connectivity index (χ0v) is 11.0. The molecule has 0 bridgehead atoms. The molecule has 102 valence electrons. The normalized spacial score (nSPS) is 24.3. The van der Waals surface area contributed by atoms with E-state index >= 15 is 0 Å². The van der Waals surface area contributed by atoms with E-state index in [1.165, 1.54) is 0 Å². The molecule has 1 aromatic carbocycles. The summed E-state index contributed by atoms with van der Waals surface area (Å²) in [6.07, 6.45) is 2.07. The number of nitrogens with zero attached hydrogens (tertiary/aromatic N) is 1.